The number of hydrogen-bond donors (Lipinski definition) is 0. The van der Waals surface area contributed by atoms with E-state index in [1.165, 1.54) is 5.56 Å². The molecule has 1 aliphatic heterocycles. The van der Waals surface area contributed by atoms with Crippen LogP contribution in [0.3, 0.4) is 0 Å². The molecule has 0 amide bonds. The van der Waals surface area contributed by atoms with Crippen LogP contribution in [0.25, 0.3) is 0 Å². The minimum absolute atomic E-state index is 0.178. The van der Waals surface area contributed by atoms with Gasteiger partial charge in [0.05, 0.1) is 6.04 Å². The first-order valence-electron chi connectivity index (χ1n) is 6.50. The van der Waals surface area contributed by atoms with Gasteiger partial charge in [0.15, 0.2) is 6.29 Å². The molecule has 0 fully saturated rings. The highest BCUT2D eigenvalue weighted by Crippen LogP contribution is 2.28. The fourth-order valence-corrected chi connectivity index (χ4v) is 2.32. The summed E-state index contributed by atoms with van der Waals surface area (Å²) in [6.07, 6.45) is 4.84. The van der Waals surface area contributed by atoms with E-state index < -0.39 is 0 Å². The first-order chi connectivity index (χ1) is 8.72. The molecule has 1 heterocycles. The van der Waals surface area contributed by atoms with Crippen molar-refractivity contribution in [2.75, 3.05) is 0 Å². The van der Waals surface area contributed by atoms with Crippen LogP contribution in [0.2, 0.25) is 0 Å². The topological polar surface area (TPSA) is 29.4 Å². The van der Waals surface area contributed by atoms with E-state index >= 15 is 0 Å². The largest absolute Gasteiger partial charge is 0.298 e. The summed E-state index contributed by atoms with van der Waals surface area (Å²) >= 11 is 0. The molecule has 94 valence electrons. The monoisotopic (exact) mass is 241 g/mol. The summed E-state index contributed by atoms with van der Waals surface area (Å²) in [5, 5.41) is 0. The second-order valence-electron chi connectivity index (χ2n) is 4.95. The normalized spacial score (nSPS) is 20.1. The van der Waals surface area contributed by atoms with Gasteiger partial charge in [-0.25, -0.2) is 0 Å². The first-order valence-corrected chi connectivity index (χ1v) is 6.50. The molecule has 0 spiro atoms. The predicted octanol–water partition coefficient (Wildman–Crippen LogP) is 3.74. The van der Waals surface area contributed by atoms with Gasteiger partial charge in [-0.3, -0.25) is 9.79 Å². The molecule has 0 saturated carbocycles. The van der Waals surface area contributed by atoms with Gasteiger partial charge >= 0.3 is 0 Å². The lowest BCUT2D eigenvalue weighted by Gasteiger charge is -2.14. The quantitative estimate of drug-likeness (QED) is 0.741. The third-order valence-corrected chi connectivity index (χ3v) is 3.25. The van der Waals surface area contributed by atoms with Gasteiger partial charge in [0.1, 0.15) is 0 Å². The fraction of sp³-hybridized carbons (Fsp3) is 0.375. The standard InChI is InChI=1S/C16H19NO/c1-12(2)16-14(11-18)9-6-10-15(17-16)13-7-4-3-5-8-13/h3-5,7-9,11-12,15H,6,10H2,1-2H3. The third-order valence-electron chi connectivity index (χ3n) is 3.25. The Balaban J connectivity index is 2.36. The zero-order valence-corrected chi connectivity index (χ0v) is 11.0. The number of allylic oxidation sites excluding steroid dienone is 2. The lowest BCUT2D eigenvalue weighted by molar-refractivity contribution is -0.104. The van der Waals surface area contributed by atoms with Crippen LogP contribution in [0.15, 0.2) is 47.0 Å². The van der Waals surface area contributed by atoms with Crippen LogP contribution in [0.1, 0.15) is 38.3 Å². The van der Waals surface area contributed by atoms with E-state index in [0.717, 1.165) is 30.4 Å². The van der Waals surface area contributed by atoms with E-state index in [-0.39, 0.29) is 12.0 Å². The second kappa shape index (κ2) is 5.76. The molecule has 18 heavy (non-hydrogen) atoms. The number of aldehydes is 1. The zero-order chi connectivity index (χ0) is 13.0. The molecule has 0 aliphatic carbocycles. The molecule has 1 aromatic rings. The van der Waals surface area contributed by atoms with Crippen molar-refractivity contribution in [1.82, 2.24) is 0 Å². The summed E-state index contributed by atoms with van der Waals surface area (Å²) in [5.41, 5.74) is 2.94. The molecule has 0 aromatic heterocycles. The maximum atomic E-state index is 11.1. The van der Waals surface area contributed by atoms with Crippen LogP contribution < -0.4 is 0 Å². The number of benzene rings is 1. The van der Waals surface area contributed by atoms with Gasteiger partial charge in [-0.1, -0.05) is 50.3 Å². The number of carbonyl (C=O) groups is 1. The van der Waals surface area contributed by atoms with Gasteiger partial charge in [-0.2, -0.15) is 0 Å². The Morgan fingerprint density at radius 3 is 2.61 bits per heavy atom. The second-order valence-corrected chi connectivity index (χ2v) is 4.95. The van der Waals surface area contributed by atoms with Crippen molar-refractivity contribution in [3.63, 3.8) is 0 Å². The summed E-state index contributed by atoms with van der Waals surface area (Å²) in [5.74, 6) is 0.283. The van der Waals surface area contributed by atoms with Gasteiger partial charge < -0.3 is 0 Å². The van der Waals surface area contributed by atoms with Crippen molar-refractivity contribution >= 4 is 12.0 Å². The summed E-state index contributed by atoms with van der Waals surface area (Å²) in [7, 11) is 0. The van der Waals surface area contributed by atoms with E-state index in [1.807, 2.05) is 24.3 Å². The van der Waals surface area contributed by atoms with Gasteiger partial charge in [-0.15, -0.1) is 0 Å². The molecule has 1 aromatic carbocycles. The third kappa shape index (κ3) is 2.76. The average Bonchev–Trinajstić information content (AvgIpc) is 2.62. The van der Waals surface area contributed by atoms with Gasteiger partial charge in [0, 0.05) is 11.3 Å². The van der Waals surface area contributed by atoms with Crippen LogP contribution in [-0.2, 0) is 4.79 Å². The number of aliphatic imine (C=N–C) groups is 1. The number of rotatable bonds is 3. The van der Waals surface area contributed by atoms with E-state index in [0.29, 0.717) is 0 Å². The number of carbonyl (C=O) groups excluding carboxylic acids is 1. The highest BCUT2D eigenvalue weighted by Gasteiger charge is 2.18. The fourth-order valence-electron chi connectivity index (χ4n) is 2.32. The Kier molecular flexibility index (Phi) is 4.08. The van der Waals surface area contributed by atoms with E-state index in [9.17, 15) is 4.79 Å². The Morgan fingerprint density at radius 1 is 1.28 bits per heavy atom. The lowest BCUT2D eigenvalue weighted by Crippen LogP contribution is -2.12. The van der Waals surface area contributed by atoms with Crippen molar-refractivity contribution in [3.8, 4) is 0 Å². The Labute approximate surface area is 108 Å². The van der Waals surface area contributed by atoms with Crippen molar-refractivity contribution in [3.05, 3.63) is 47.5 Å². The maximum absolute atomic E-state index is 11.1. The summed E-state index contributed by atoms with van der Waals surface area (Å²) in [6, 6.07) is 10.5. The van der Waals surface area contributed by atoms with Crippen molar-refractivity contribution in [2.24, 2.45) is 10.9 Å². The molecule has 1 unspecified atom stereocenters. The summed E-state index contributed by atoms with van der Waals surface area (Å²) in [6.45, 7) is 4.17. The van der Waals surface area contributed by atoms with Crippen LogP contribution in [0.5, 0.6) is 0 Å². The lowest BCUT2D eigenvalue weighted by atomic mass is 10.0. The van der Waals surface area contributed by atoms with Gasteiger partial charge in [-0.05, 0) is 24.3 Å². The molecule has 2 heteroatoms. The Morgan fingerprint density at radius 2 is 2.00 bits per heavy atom. The smallest absolute Gasteiger partial charge is 0.151 e. The molecule has 0 N–H and O–H groups in total. The minimum atomic E-state index is 0.178. The summed E-state index contributed by atoms with van der Waals surface area (Å²) in [4.78, 5) is 15.9. The molecule has 1 aliphatic rings. The van der Waals surface area contributed by atoms with Crippen LogP contribution >= 0.6 is 0 Å². The van der Waals surface area contributed by atoms with Crippen LogP contribution in [0.4, 0.5) is 0 Å². The molecule has 0 bridgehead atoms. The molecular formula is C16H19NO. The van der Waals surface area contributed by atoms with Crippen molar-refractivity contribution < 1.29 is 4.79 Å². The van der Waals surface area contributed by atoms with Gasteiger partial charge in [0.2, 0.25) is 0 Å². The highest BCUT2D eigenvalue weighted by atomic mass is 16.1. The van der Waals surface area contributed by atoms with Crippen molar-refractivity contribution in [2.45, 2.75) is 32.7 Å². The molecule has 0 saturated heterocycles. The van der Waals surface area contributed by atoms with Crippen LogP contribution in [0, 0.1) is 5.92 Å². The summed E-state index contributed by atoms with van der Waals surface area (Å²) < 4.78 is 0. The Bertz CT molecular complexity index is 471. The molecule has 1 atom stereocenters. The zero-order valence-electron chi connectivity index (χ0n) is 11.0. The minimum Gasteiger partial charge on any atom is -0.298 e. The average molecular weight is 241 g/mol. The molecular weight excluding hydrogens is 222 g/mol. The SMILES string of the molecule is CC(C)C1=NC(c2ccccc2)CCC=C1C=O. The molecule has 2 rings (SSSR count). The highest BCUT2D eigenvalue weighted by molar-refractivity contribution is 6.15. The molecule has 0 radical (unpaired) electrons. The van der Waals surface area contributed by atoms with E-state index in [2.05, 4.69) is 26.0 Å². The number of nitrogens with zero attached hydrogens (tertiary/aromatic N) is 1. The predicted molar refractivity (Wildman–Crippen MR) is 74.8 cm³/mol. The molecule has 2 nitrogen and oxygen atoms in total. The van der Waals surface area contributed by atoms with Crippen LogP contribution in [-0.4, -0.2) is 12.0 Å². The maximum Gasteiger partial charge on any atom is 0.151 e. The van der Waals surface area contributed by atoms with Gasteiger partial charge in [0.25, 0.3) is 0 Å². The van der Waals surface area contributed by atoms with E-state index in [4.69, 9.17) is 4.99 Å². The van der Waals surface area contributed by atoms with E-state index in [1.54, 1.807) is 0 Å². The number of hydrogen-bond acceptors (Lipinski definition) is 2. The first kappa shape index (κ1) is 12.7. The van der Waals surface area contributed by atoms with Crippen molar-refractivity contribution in [1.29, 1.82) is 0 Å². The Hall–Kier alpha value is -1.70.